The third-order valence-electron chi connectivity index (χ3n) is 2.05. The highest BCUT2D eigenvalue weighted by molar-refractivity contribution is 5.54. The van der Waals surface area contributed by atoms with E-state index >= 15 is 0 Å². The lowest BCUT2D eigenvalue weighted by Gasteiger charge is -2.06. The van der Waals surface area contributed by atoms with Gasteiger partial charge in [-0.2, -0.15) is 4.98 Å². The highest BCUT2D eigenvalue weighted by atomic mass is 16.5. The molecule has 0 amide bonds. The Balaban J connectivity index is 0.000000686. The molecule has 0 fully saturated rings. The fourth-order valence-corrected chi connectivity index (χ4v) is 1.30. The fourth-order valence-electron chi connectivity index (χ4n) is 1.30. The average Bonchev–Trinajstić information content (AvgIpc) is 2.79. The summed E-state index contributed by atoms with van der Waals surface area (Å²) < 4.78 is 6.81. The molecule has 2 N–H and O–H groups in total. The van der Waals surface area contributed by atoms with Gasteiger partial charge in [-0.05, 0) is 13.0 Å². The molecule has 0 aliphatic heterocycles. The molecule has 0 unspecified atom stereocenters. The van der Waals surface area contributed by atoms with Crippen molar-refractivity contribution in [3.05, 3.63) is 30.4 Å². The first kappa shape index (κ1) is 13.0. The number of nitrogens with zero attached hydrogens (tertiary/aromatic N) is 3. The normalized spacial score (nSPS) is 9.41. The van der Waals surface area contributed by atoms with Gasteiger partial charge in [0.15, 0.2) is 5.82 Å². The molecule has 0 aliphatic carbocycles. The summed E-state index contributed by atoms with van der Waals surface area (Å²) in [5.41, 5.74) is 7.33. The maximum Gasteiger partial charge on any atom is 0.215 e. The number of rotatable bonds is 2. The number of hydrogen-bond acceptors (Lipinski definition) is 4. The van der Waals surface area contributed by atoms with Crippen molar-refractivity contribution >= 4 is 5.69 Å². The minimum absolute atomic E-state index is 0.533. The van der Waals surface area contributed by atoms with Crippen LogP contribution in [0.1, 0.15) is 19.5 Å². The summed E-state index contributed by atoms with van der Waals surface area (Å²) in [5, 5.41) is 0. The van der Waals surface area contributed by atoms with Gasteiger partial charge < -0.3 is 10.5 Å². The number of aromatic nitrogens is 3. The SMILES string of the molecule is CC.COc1ccc(N)c(-n2cnc(C)c2)n1. The molecule has 2 aromatic rings. The topological polar surface area (TPSA) is 66.0 Å². The molecule has 2 rings (SSSR count). The van der Waals surface area contributed by atoms with Crippen molar-refractivity contribution < 1.29 is 4.74 Å². The molecule has 0 aliphatic rings. The van der Waals surface area contributed by atoms with Crippen molar-refractivity contribution in [3.63, 3.8) is 0 Å². The maximum absolute atomic E-state index is 5.82. The van der Waals surface area contributed by atoms with Crippen molar-refractivity contribution in [3.8, 4) is 11.7 Å². The van der Waals surface area contributed by atoms with E-state index in [1.807, 2.05) is 27.0 Å². The van der Waals surface area contributed by atoms with Crippen LogP contribution < -0.4 is 10.5 Å². The highest BCUT2D eigenvalue weighted by Gasteiger charge is 2.05. The summed E-state index contributed by atoms with van der Waals surface area (Å²) in [4.78, 5) is 8.37. The first-order valence-corrected chi connectivity index (χ1v) is 5.52. The van der Waals surface area contributed by atoms with Crippen LogP contribution in [0.25, 0.3) is 5.82 Å². The van der Waals surface area contributed by atoms with Gasteiger partial charge in [0, 0.05) is 12.3 Å². The van der Waals surface area contributed by atoms with Crippen molar-refractivity contribution in [2.24, 2.45) is 0 Å². The molecule has 0 saturated heterocycles. The van der Waals surface area contributed by atoms with E-state index in [2.05, 4.69) is 9.97 Å². The van der Waals surface area contributed by atoms with Crippen molar-refractivity contribution in [2.75, 3.05) is 12.8 Å². The van der Waals surface area contributed by atoms with Crippen LogP contribution in [0.3, 0.4) is 0 Å². The monoisotopic (exact) mass is 234 g/mol. The van der Waals surface area contributed by atoms with Crippen LogP contribution in [-0.2, 0) is 0 Å². The van der Waals surface area contributed by atoms with E-state index in [0.29, 0.717) is 17.4 Å². The average molecular weight is 234 g/mol. The molecule has 0 bridgehead atoms. The first-order chi connectivity index (χ1) is 8.20. The van der Waals surface area contributed by atoms with Crippen LogP contribution in [0.15, 0.2) is 24.7 Å². The summed E-state index contributed by atoms with van der Waals surface area (Å²) >= 11 is 0. The lowest BCUT2D eigenvalue weighted by Crippen LogP contribution is -2.02. The minimum Gasteiger partial charge on any atom is -0.481 e. The van der Waals surface area contributed by atoms with Crippen LogP contribution in [0.5, 0.6) is 5.88 Å². The maximum atomic E-state index is 5.82. The molecule has 0 spiro atoms. The van der Waals surface area contributed by atoms with Crippen molar-refractivity contribution in [1.82, 2.24) is 14.5 Å². The molecule has 0 atom stereocenters. The van der Waals surface area contributed by atoms with E-state index in [1.54, 1.807) is 30.1 Å². The number of aryl methyl sites for hydroxylation is 1. The molecule has 0 saturated carbocycles. The van der Waals surface area contributed by atoms with Gasteiger partial charge in [0.25, 0.3) is 0 Å². The van der Waals surface area contributed by atoms with Gasteiger partial charge >= 0.3 is 0 Å². The summed E-state index contributed by atoms with van der Waals surface area (Å²) in [6, 6.07) is 3.49. The van der Waals surface area contributed by atoms with Gasteiger partial charge in [-0.1, -0.05) is 13.8 Å². The molecular formula is C12H18N4O. The van der Waals surface area contributed by atoms with Crippen LogP contribution in [0.2, 0.25) is 0 Å². The Morgan fingerprint density at radius 2 is 2.00 bits per heavy atom. The third-order valence-corrected chi connectivity index (χ3v) is 2.05. The van der Waals surface area contributed by atoms with E-state index in [0.717, 1.165) is 5.69 Å². The Bertz CT molecular complexity index is 479. The predicted molar refractivity (Wildman–Crippen MR) is 68.4 cm³/mol. The highest BCUT2D eigenvalue weighted by Crippen LogP contribution is 2.18. The van der Waals surface area contributed by atoms with Gasteiger partial charge in [0.05, 0.1) is 18.5 Å². The van der Waals surface area contributed by atoms with Gasteiger partial charge in [-0.3, -0.25) is 4.57 Å². The largest absolute Gasteiger partial charge is 0.481 e. The first-order valence-electron chi connectivity index (χ1n) is 5.52. The Morgan fingerprint density at radius 3 is 2.53 bits per heavy atom. The number of ether oxygens (including phenoxy) is 1. The summed E-state index contributed by atoms with van der Waals surface area (Å²) in [6.07, 6.45) is 3.53. The number of imidazole rings is 1. The minimum atomic E-state index is 0.533. The molecule has 0 aromatic carbocycles. The molecule has 5 nitrogen and oxygen atoms in total. The molecule has 0 radical (unpaired) electrons. The van der Waals surface area contributed by atoms with Gasteiger partial charge in [-0.25, -0.2) is 4.98 Å². The molecule has 2 heterocycles. The van der Waals surface area contributed by atoms with E-state index in [4.69, 9.17) is 10.5 Å². The standard InChI is InChI=1S/C10H12N4O.C2H6/c1-7-5-14(6-12-7)10-8(11)3-4-9(13-10)15-2;1-2/h3-6H,11H2,1-2H3;1-2H3. The predicted octanol–water partition coefficient (Wildman–Crippen LogP) is 2.19. The van der Waals surface area contributed by atoms with Crippen LogP contribution in [-0.4, -0.2) is 21.6 Å². The van der Waals surface area contributed by atoms with Gasteiger partial charge in [0.2, 0.25) is 5.88 Å². The molecule has 92 valence electrons. The summed E-state index contributed by atoms with van der Waals surface area (Å²) in [6.45, 7) is 5.91. The lowest BCUT2D eigenvalue weighted by molar-refractivity contribution is 0.397. The second-order valence-electron chi connectivity index (χ2n) is 3.19. The summed E-state index contributed by atoms with van der Waals surface area (Å²) in [7, 11) is 1.57. The molecule has 2 aromatic heterocycles. The second-order valence-corrected chi connectivity index (χ2v) is 3.19. The number of nitrogen functional groups attached to an aromatic ring is 1. The van der Waals surface area contributed by atoms with Crippen molar-refractivity contribution in [2.45, 2.75) is 20.8 Å². The van der Waals surface area contributed by atoms with E-state index in [1.165, 1.54) is 0 Å². The molecule has 5 heteroatoms. The van der Waals surface area contributed by atoms with Crippen LogP contribution >= 0.6 is 0 Å². The number of hydrogen-bond donors (Lipinski definition) is 1. The number of anilines is 1. The lowest BCUT2D eigenvalue weighted by atomic mass is 10.4. The number of pyridine rings is 1. The number of methoxy groups -OCH3 is 1. The molecule has 17 heavy (non-hydrogen) atoms. The Morgan fingerprint density at radius 1 is 1.29 bits per heavy atom. The van der Waals surface area contributed by atoms with E-state index in [-0.39, 0.29) is 0 Å². The second kappa shape index (κ2) is 5.89. The quantitative estimate of drug-likeness (QED) is 0.865. The van der Waals surface area contributed by atoms with E-state index in [9.17, 15) is 0 Å². The van der Waals surface area contributed by atoms with Crippen molar-refractivity contribution in [1.29, 1.82) is 0 Å². The Kier molecular flexibility index (Phi) is 4.51. The summed E-state index contributed by atoms with van der Waals surface area (Å²) in [5.74, 6) is 1.17. The zero-order valence-corrected chi connectivity index (χ0v) is 10.6. The zero-order chi connectivity index (χ0) is 12.8. The van der Waals surface area contributed by atoms with Crippen LogP contribution in [0, 0.1) is 6.92 Å². The molecular weight excluding hydrogens is 216 g/mol. The Labute approximate surface area is 101 Å². The third kappa shape index (κ3) is 2.96. The van der Waals surface area contributed by atoms with Gasteiger partial charge in [0.1, 0.15) is 6.33 Å². The van der Waals surface area contributed by atoms with Gasteiger partial charge in [-0.15, -0.1) is 0 Å². The zero-order valence-electron chi connectivity index (χ0n) is 10.6. The van der Waals surface area contributed by atoms with E-state index < -0.39 is 0 Å². The smallest absolute Gasteiger partial charge is 0.215 e. The number of nitrogens with two attached hydrogens (primary N) is 1. The Hall–Kier alpha value is -2.04. The van der Waals surface area contributed by atoms with Crippen LogP contribution in [0.4, 0.5) is 5.69 Å². The fraction of sp³-hybridized carbons (Fsp3) is 0.333.